The Morgan fingerprint density at radius 3 is 2.32 bits per heavy atom. The highest BCUT2D eigenvalue weighted by Crippen LogP contribution is 2.46. The molecule has 1 heterocycles. The lowest BCUT2D eigenvalue weighted by atomic mass is 10.0. The minimum Gasteiger partial charge on any atom is -0.325 e. The molecule has 25 heavy (non-hydrogen) atoms. The van der Waals surface area contributed by atoms with Crippen molar-refractivity contribution in [3.05, 3.63) is 29.8 Å². The Morgan fingerprint density at radius 2 is 1.72 bits per heavy atom. The zero-order chi connectivity index (χ0) is 19.0. The fourth-order valence-electron chi connectivity index (χ4n) is 1.94. The van der Waals surface area contributed by atoms with Crippen molar-refractivity contribution in [3.8, 4) is 0 Å². The average molecular weight is 371 g/mol. The van der Waals surface area contributed by atoms with E-state index in [9.17, 15) is 40.3 Å². The predicted octanol–water partition coefficient (Wildman–Crippen LogP) is 2.66. The van der Waals surface area contributed by atoms with Crippen molar-refractivity contribution in [2.24, 2.45) is 5.10 Å². The Kier molecular flexibility index (Phi) is 4.49. The van der Waals surface area contributed by atoms with Crippen molar-refractivity contribution >= 4 is 23.7 Å². The molecular weight excluding hydrogens is 363 g/mol. The third kappa shape index (κ3) is 3.15. The van der Waals surface area contributed by atoms with Crippen LogP contribution >= 0.6 is 0 Å². The first kappa shape index (κ1) is 18.7. The zero-order valence-corrected chi connectivity index (χ0v) is 11.9. The third-order valence-corrected chi connectivity index (χ3v) is 3.26. The fraction of sp³-hybridized carbons (Fsp3) is 0.308. The van der Waals surface area contributed by atoms with E-state index >= 15 is 0 Å². The van der Waals surface area contributed by atoms with Crippen LogP contribution in [0.5, 0.6) is 0 Å². The SMILES string of the molecule is O=C1Nc2ccccc2[C@H]1/C=N/NC(=O)C(F)(F)C(F)(F)C(F)(F)F. The number of anilines is 1. The number of fused-ring (bicyclic) bond motifs is 1. The van der Waals surface area contributed by atoms with Gasteiger partial charge in [-0.2, -0.15) is 35.8 Å². The Hall–Kier alpha value is -2.66. The molecule has 0 spiro atoms. The number of carbonyl (C=O) groups excluding carboxylic acids is 2. The summed E-state index contributed by atoms with van der Waals surface area (Å²) < 4.78 is 87.5. The van der Waals surface area contributed by atoms with E-state index in [1.54, 1.807) is 6.07 Å². The molecule has 1 atom stereocenters. The molecule has 12 heteroatoms. The van der Waals surface area contributed by atoms with Gasteiger partial charge in [-0.15, -0.1) is 0 Å². The van der Waals surface area contributed by atoms with Crippen molar-refractivity contribution in [2.45, 2.75) is 23.9 Å². The summed E-state index contributed by atoms with van der Waals surface area (Å²) in [7, 11) is 0. The van der Waals surface area contributed by atoms with Gasteiger partial charge < -0.3 is 5.32 Å². The Morgan fingerprint density at radius 1 is 1.12 bits per heavy atom. The molecule has 1 aromatic rings. The van der Waals surface area contributed by atoms with E-state index in [-0.39, 0.29) is 0 Å². The smallest absolute Gasteiger partial charge is 0.325 e. The van der Waals surface area contributed by atoms with Gasteiger partial charge in [0.2, 0.25) is 5.91 Å². The Balaban J connectivity index is 2.12. The molecule has 0 aliphatic carbocycles. The first-order valence-corrected chi connectivity index (χ1v) is 6.45. The number of halogens is 7. The van der Waals surface area contributed by atoms with E-state index in [0.717, 1.165) is 5.43 Å². The standard InChI is InChI=1S/C13H8F7N3O2/c14-11(15,12(16,17)13(18,19)20)10(25)23-21-5-7-6-3-1-2-4-8(6)22-9(7)24/h1-5,7H,(H,22,24)(H,23,25)/b21-5+/t7-/m1/s1. The number of nitrogens with one attached hydrogen (secondary N) is 2. The average Bonchev–Trinajstić information content (AvgIpc) is 2.81. The molecule has 0 bridgehead atoms. The molecule has 1 aliphatic rings. The van der Waals surface area contributed by atoms with Gasteiger partial charge in [0.05, 0.1) is 0 Å². The van der Waals surface area contributed by atoms with Crippen molar-refractivity contribution in [2.75, 3.05) is 5.32 Å². The van der Waals surface area contributed by atoms with Crippen LogP contribution in [0.4, 0.5) is 36.4 Å². The number of nitrogens with zero attached hydrogens (tertiary/aromatic N) is 1. The Labute approximate surface area is 134 Å². The predicted molar refractivity (Wildman–Crippen MR) is 70.4 cm³/mol. The number of hydrazone groups is 1. The molecule has 0 aromatic heterocycles. The topological polar surface area (TPSA) is 70.6 Å². The molecule has 2 rings (SSSR count). The summed E-state index contributed by atoms with van der Waals surface area (Å²) in [5.74, 6) is -17.4. The summed E-state index contributed by atoms with van der Waals surface area (Å²) in [5.41, 5.74) is 1.64. The van der Waals surface area contributed by atoms with Crippen LogP contribution in [0.15, 0.2) is 29.4 Å². The highest BCUT2D eigenvalue weighted by Gasteiger charge is 2.76. The normalized spacial score (nSPS) is 18.2. The summed E-state index contributed by atoms with van der Waals surface area (Å²) in [4.78, 5) is 22.7. The first-order chi connectivity index (χ1) is 11.4. The van der Waals surface area contributed by atoms with E-state index in [1.165, 1.54) is 18.2 Å². The van der Waals surface area contributed by atoms with Crippen LogP contribution in [0.3, 0.4) is 0 Å². The van der Waals surface area contributed by atoms with Crippen LogP contribution < -0.4 is 10.7 Å². The molecule has 0 fully saturated rings. The highest BCUT2D eigenvalue weighted by atomic mass is 19.4. The van der Waals surface area contributed by atoms with E-state index in [2.05, 4.69) is 10.4 Å². The minimum atomic E-state index is -6.64. The van der Waals surface area contributed by atoms with Crippen LogP contribution in [-0.2, 0) is 9.59 Å². The molecular formula is C13H8F7N3O2. The van der Waals surface area contributed by atoms with Gasteiger partial charge in [-0.1, -0.05) is 18.2 Å². The third-order valence-electron chi connectivity index (χ3n) is 3.26. The minimum absolute atomic E-state index is 0.359. The molecule has 0 radical (unpaired) electrons. The van der Waals surface area contributed by atoms with Crippen LogP contribution in [0.1, 0.15) is 11.5 Å². The van der Waals surface area contributed by atoms with Crippen LogP contribution in [0.25, 0.3) is 0 Å². The van der Waals surface area contributed by atoms with E-state index in [4.69, 9.17) is 0 Å². The number of carbonyl (C=O) groups is 2. The molecule has 5 nitrogen and oxygen atoms in total. The second-order valence-electron chi connectivity index (χ2n) is 4.92. The second kappa shape index (κ2) is 6.01. The molecule has 0 unspecified atom stereocenters. The molecule has 1 aliphatic heterocycles. The maximum atomic E-state index is 13.1. The summed E-state index contributed by atoms with van der Waals surface area (Å²) in [6.45, 7) is 0. The van der Waals surface area contributed by atoms with Gasteiger partial charge in [-0.3, -0.25) is 9.59 Å². The number of alkyl halides is 7. The number of rotatable bonds is 4. The van der Waals surface area contributed by atoms with Gasteiger partial charge in [0, 0.05) is 11.9 Å². The quantitative estimate of drug-likeness (QED) is 0.485. The summed E-state index contributed by atoms with van der Waals surface area (Å²) in [5, 5.41) is 5.30. The lowest BCUT2D eigenvalue weighted by Gasteiger charge is -2.26. The van der Waals surface area contributed by atoms with Crippen molar-refractivity contribution in [1.29, 1.82) is 0 Å². The summed E-state index contributed by atoms with van der Waals surface area (Å²) in [6, 6.07) is 6.10. The number of benzene rings is 1. The van der Waals surface area contributed by atoms with Gasteiger partial charge in [0.1, 0.15) is 5.92 Å². The summed E-state index contributed by atoms with van der Waals surface area (Å²) in [6.07, 6.45) is -6.00. The van der Waals surface area contributed by atoms with Gasteiger partial charge >= 0.3 is 23.9 Å². The van der Waals surface area contributed by atoms with Crippen molar-refractivity contribution < 1.29 is 40.3 Å². The fourth-order valence-corrected chi connectivity index (χ4v) is 1.94. The van der Waals surface area contributed by atoms with Gasteiger partial charge in [-0.25, -0.2) is 5.43 Å². The van der Waals surface area contributed by atoms with E-state index < -0.39 is 35.8 Å². The lowest BCUT2D eigenvalue weighted by molar-refractivity contribution is -0.344. The maximum Gasteiger partial charge on any atom is 0.460 e. The molecule has 1 aromatic carbocycles. The number of amides is 2. The molecule has 2 N–H and O–H groups in total. The van der Waals surface area contributed by atoms with E-state index in [1.807, 2.05) is 0 Å². The monoisotopic (exact) mass is 371 g/mol. The Bertz CT molecular complexity index is 731. The van der Waals surface area contributed by atoms with Crippen LogP contribution in [0.2, 0.25) is 0 Å². The van der Waals surface area contributed by atoms with Crippen molar-refractivity contribution in [3.63, 3.8) is 0 Å². The molecule has 0 saturated carbocycles. The van der Waals surface area contributed by atoms with Gasteiger partial charge in [0.15, 0.2) is 0 Å². The zero-order valence-electron chi connectivity index (χ0n) is 11.9. The van der Waals surface area contributed by atoms with Crippen molar-refractivity contribution in [1.82, 2.24) is 5.43 Å². The maximum absolute atomic E-state index is 13.1. The largest absolute Gasteiger partial charge is 0.460 e. The highest BCUT2D eigenvalue weighted by molar-refractivity contribution is 6.12. The van der Waals surface area contributed by atoms with Crippen LogP contribution in [-0.4, -0.2) is 36.1 Å². The molecule has 0 saturated heterocycles. The van der Waals surface area contributed by atoms with Gasteiger partial charge in [0.25, 0.3) is 0 Å². The van der Waals surface area contributed by atoms with Crippen LogP contribution in [0, 0.1) is 0 Å². The molecule has 2 amide bonds. The van der Waals surface area contributed by atoms with E-state index in [0.29, 0.717) is 17.5 Å². The second-order valence-corrected chi connectivity index (χ2v) is 4.92. The number of hydrogen-bond donors (Lipinski definition) is 2. The lowest BCUT2D eigenvalue weighted by Crippen LogP contribution is -2.58. The summed E-state index contributed by atoms with van der Waals surface area (Å²) >= 11 is 0. The molecule has 136 valence electrons. The number of para-hydroxylation sites is 1. The van der Waals surface area contributed by atoms with Gasteiger partial charge in [-0.05, 0) is 11.6 Å². The first-order valence-electron chi connectivity index (χ1n) is 6.45. The number of hydrogen-bond acceptors (Lipinski definition) is 3.